The first-order valence-electron chi connectivity index (χ1n) is 4.08. The molecule has 0 aliphatic rings. The minimum Gasteiger partial charge on any atom is -0.481 e. The molecule has 0 aromatic heterocycles. The zero-order chi connectivity index (χ0) is 9.99. The molecular formula is C10H18O2. The summed E-state index contributed by atoms with van der Waals surface area (Å²) in [6.07, 6.45) is 2.12. The van der Waals surface area contributed by atoms with Crippen LogP contribution in [0, 0.1) is 10.8 Å². The van der Waals surface area contributed by atoms with Crippen molar-refractivity contribution >= 4 is 5.97 Å². The Morgan fingerprint density at radius 1 is 1.42 bits per heavy atom. The number of carboxylic acid groups (broad SMARTS) is 1. The second-order valence-corrected chi connectivity index (χ2v) is 4.66. The lowest BCUT2D eigenvalue weighted by Crippen LogP contribution is -2.30. The molecule has 2 nitrogen and oxygen atoms in total. The molecule has 0 radical (unpaired) electrons. The first-order valence-corrected chi connectivity index (χ1v) is 4.08. The Labute approximate surface area is 74.3 Å². The zero-order valence-corrected chi connectivity index (χ0v) is 8.35. The summed E-state index contributed by atoms with van der Waals surface area (Å²) in [6.45, 7) is 11.3. The minimum absolute atomic E-state index is 0.0152. The molecule has 1 atom stereocenters. The Hall–Kier alpha value is -0.790. The molecule has 1 N–H and O–H groups in total. The quantitative estimate of drug-likeness (QED) is 0.661. The van der Waals surface area contributed by atoms with E-state index in [1.54, 1.807) is 6.92 Å². The molecule has 70 valence electrons. The van der Waals surface area contributed by atoms with Crippen LogP contribution in [0.1, 0.15) is 34.1 Å². The fourth-order valence-electron chi connectivity index (χ4n) is 1.34. The molecule has 0 aromatic rings. The number of carbonyl (C=O) groups is 1. The van der Waals surface area contributed by atoms with Gasteiger partial charge in [-0.1, -0.05) is 26.8 Å². The molecule has 0 rings (SSSR count). The van der Waals surface area contributed by atoms with Gasteiger partial charge < -0.3 is 5.11 Å². The molecule has 0 saturated carbocycles. The Bertz CT molecular complexity index is 189. The van der Waals surface area contributed by atoms with Crippen LogP contribution in [0.25, 0.3) is 0 Å². The molecule has 0 unspecified atom stereocenters. The lowest BCUT2D eigenvalue weighted by atomic mass is 9.75. The van der Waals surface area contributed by atoms with Gasteiger partial charge >= 0.3 is 5.97 Å². The molecular weight excluding hydrogens is 152 g/mol. The van der Waals surface area contributed by atoms with Crippen molar-refractivity contribution in [2.24, 2.45) is 10.8 Å². The molecule has 0 bridgehead atoms. The van der Waals surface area contributed by atoms with E-state index in [2.05, 4.69) is 6.58 Å². The van der Waals surface area contributed by atoms with E-state index < -0.39 is 11.4 Å². The topological polar surface area (TPSA) is 37.3 Å². The summed E-state index contributed by atoms with van der Waals surface area (Å²) in [6, 6.07) is 0. The van der Waals surface area contributed by atoms with E-state index in [1.165, 1.54) is 6.08 Å². The highest BCUT2D eigenvalue weighted by Gasteiger charge is 2.33. The number of aliphatic carboxylic acids is 1. The van der Waals surface area contributed by atoms with Crippen LogP contribution in [0.3, 0.4) is 0 Å². The highest BCUT2D eigenvalue weighted by molar-refractivity contribution is 5.76. The molecule has 0 fully saturated rings. The van der Waals surface area contributed by atoms with Gasteiger partial charge in [0.2, 0.25) is 0 Å². The Kier molecular flexibility index (Phi) is 3.08. The summed E-state index contributed by atoms with van der Waals surface area (Å²) in [5.41, 5.74) is -0.778. The number of hydrogen-bond donors (Lipinski definition) is 1. The summed E-state index contributed by atoms with van der Waals surface area (Å²) in [7, 11) is 0. The van der Waals surface area contributed by atoms with Crippen molar-refractivity contribution in [1.82, 2.24) is 0 Å². The standard InChI is InChI=1S/C10H18O2/c1-6-10(5,8(11)12)7-9(2,3)4/h6H,1,7H2,2-5H3,(H,11,12)/t10-/m0/s1. The zero-order valence-electron chi connectivity index (χ0n) is 8.35. The average molecular weight is 170 g/mol. The van der Waals surface area contributed by atoms with Crippen molar-refractivity contribution in [2.45, 2.75) is 34.1 Å². The lowest BCUT2D eigenvalue weighted by Gasteiger charge is -2.29. The van der Waals surface area contributed by atoms with Gasteiger partial charge in [0.25, 0.3) is 0 Å². The minimum atomic E-state index is -0.799. The van der Waals surface area contributed by atoms with Gasteiger partial charge in [-0.2, -0.15) is 0 Å². The third-order valence-electron chi connectivity index (χ3n) is 1.84. The van der Waals surface area contributed by atoms with E-state index >= 15 is 0 Å². The van der Waals surface area contributed by atoms with Gasteiger partial charge in [-0.3, -0.25) is 4.79 Å². The lowest BCUT2D eigenvalue weighted by molar-refractivity contribution is -0.146. The van der Waals surface area contributed by atoms with Crippen molar-refractivity contribution in [1.29, 1.82) is 0 Å². The second-order valence-electron chi connectivity index (χ2n) is 4.66. The van der Waals surface area contributed by atoms with E-state index in [4.69, 9.17) is 5.11 Å². The molecule has 0 aliphatic heterocycles. The molecule has 0 saturated heterocycles. The molecule has 12 heavy (non-hydrogen) atoms. The van der Waals surface area contributed by atoms with Crippen LogP contribution < -0.4 is 0 Å². The largest absolute Gasteiger partial charge is 0.481 e. The average Bonchev–Trinajstić information content (AvgIpc) is 1.83. The number of hydrogen-bond acceptors (Lipinski definition) is 1. The smallest absolute Gasteiger partial charge is 0.313 e. The van der Waals surface area contributed by atoms with Crippen LogP contribution in [0.4, 0.5) is 0 Å². The predicted molar refractivity (Wildman–Crippen MR) is 50.0 cm³/mol. The third kappa shape index (κ3) is 3.07. The maximum absolute atomic E-state index is 10.9. The summed E-state index contributed by atoms with van der Waals surface area (Å²) in [5.74, 6) is -0.799. The third-order valence-corrected chi connectivity index (χ3v) is 1.84. The van der Waals surface area contributed by atoms with E-state index in [-0.39, 0.29) is 5.41 Å². The van der Waals surface area contributed by atoms with Crippen LogP contribution in [0.2, 0.25) is 0 Å². The highest BCUT2D eigenvalue weighted by Crippen LogP contribution is 2.34. The van der Waals surface area contributed by atoms with Gasteiger partial charge in [0.15, 0.2) is 0 Å². The first kappa shape index (κ1) is 11.2. The number of carboxylic acids is 1. The molecule has 2 heteroatoms. The van der Waals surface area contributed by atoms with E-state index in [0.29, 0.717) is 6.42 Å². The predicted octanol–water partition coefficient (Wildman–Crippen LogP) is 2.70. The molecule has 0 spiro atoms. The van der Waals surface area contributed by atoms with Crippen LogP contribution in [-0.4, -0.2) is 11.1 Å². The highest BCUT2D eigenvalue weighted by atomic mass is 16.4. The van der Waals surface area contributed by atoms with E-state index in [1.807, 2.05) is 20.8 Å². The molecule has 0 aliphatic carbocycles. The molecule has 0 heterocycles. The van der Waals surface area contributed by atoms with Crippen molar-refractivity contribution in [3.05, 3.63) is 12.7 Å². The monoisotopic (exact) mass is 170 g/mol. The maximum Gasteiger partial charge on any atom is 0.313 e. The first-order chi connectivity index (χ1) is 5.21. The Morgan fingerprint density at radius 3 is 1.92 bits per heavy atom. The van der Waals surface area contributed by atoms with Crippen LogP contribution in [-0.2, 0) is 4.79 Å². The van der Waals surface area contributed by atoms with Gasteiger partial charge in [-0.15, -0.1) is 6.58 Å². The summed E-state index contributed by atoms with van der Waals surface area (Å²) in [5, 5.41) is 8.92. The van der Waals surface area contributed by atoms with Crippen molar-refractivity contribution in [3.63, 3.8) is 0 Å². The van der Waals surface area contributed by atoms with E-state index in [0.717, 1.165) is 0 Å². The Balaban J connectivity index is 4.57. The van der Waals surface area contributed by atoms with Crippen molar-refractivity contribution < 1.29 is 9.90 Å². The number of rotatable bonds is 3. The van der Waals surface area contributed by atoms with Crippen LogP contribution in [0.15, 0.2) is 12.7 Å². The van der Waals surface area contributed by atoms with Crippen LogP contribution >= 0.6 is 0 Å². The van der Waals surface area contributed by atoms with Gasteiger partial charge in [-0.25, -0.2) is 0 Å². The fourth-order valence-corrected chi connectivity index (χ4v) is 1.34. The summed E-state index contributed by atoms with van der Waals surface area (Å²) in [4.78, 5) is 10.9. The van der Waals surface area contributed by atoms with Crippen molar-refractivity contribution in [3.8, 4) is 0 Å². The SMILES string of the molecule is C=C[C@@](C)(CC(C)(C)C)C(=O)O. The van der Waals surface area contributed by atoms with Gasteiger partial charge in [0.1, 0.15) is 0 Å². The summed E-state index contributed by atoms with van der Waals surface area (Å²) < 4.78 is 0. The fraction of sp³-hybridized carbons (Fsp3) is 0.700. The Morgan fingerprint density at radius 2 is 1.83 bits per heavy atom. The summed E-state index contributed by atoms with van der Waals surface area (Å²) >= 11 is 0. The molecule has 0 aromatic carbocycles. The normalized spacial score (nSPS) is 16.7. The van der Waals surface area contributed by atoms with Gasteiger partial charge in [-0.05, 0) is 18.8 Å². The maximum atomic E-state index is 10.9. The van der Waals surface area contributed by atoms with Gasteiger partial charge in [0, 0.05) is 0 Å². The second kappa shape index (κ2) is 3.30. The molecule has 0 amide bonds. The van der Waals surface area contributed by atoms with Crippen molar-refractivity contribution in [2.75, 3.05) is 0 Å². The van der Waals surface area contributed by atoms with Gasteiger partial charge in [0.05, 0.1) is 5.41 Å². The van der Waals surface area contributed by atoms with E-state index in [9.17, 15) is 4.79 Å². The van der Waals surface area contributed by atoms with Crippen LogP contribution in [0.5, 0.6) is 0 Å².